The molecule has 0 unspecified atom stereocenters. The molecule has 4 nitrogen and oxygen atoms in total. The molecule has 0 fully saturated rings. The van der Waals surface area contributed by atoms with E-state index in [4.69, 9.17) is 0 Å². The Morgan fingerprint density at radius 1 is 1.33 bits per heavy atom. The van der Waals surface area contributed by atoms with Gasteiger partial charge in [0.15, 0.2) is 0 Å². The van der Waals surface area contributed by atoms with Gasteiger partial charge in [-0.05, 0) is 47.6 Å². The zero-order valence-corrected chi connectivity index (χ0v) is 15.6. The Kier molecular flexibility index (Phi) is 4.53. The Hall–Kier alpha value is -1.66. The molecular weight excluding hydrogens is 342 g/mol. The van der Waals surface area contributed by atoms with Crippen LogP contribution in [-0.2, 0) is 12.8 Å². The van der Waals surface area contributed by atoms with E-state index in [-0.39, 0.29) is 16.9 Å². The lowest BCUT2D eigenvalue weighted by molar-refractivity contribution is -0.254. The fourth-order valence-electron chi connectivity index (χ4n) is 3.20. The van der Waals surface area contributed by atoms with Gasteiger partial charge in [0, 0.05) is 10.4 Å². The van der Waals surface area contributed by atoms with Crippen molar-refractivity contribution in [3.63, 3.8) is 0 Å². The lowest BCUT2D eigenvalue weighted by atomic mass is 9.72. The van der Waals surface area contributed by atoms with Gasteiger partial charge in [0.2, 0.25) is 0 Å². The molecule has 1 aliphatic rings. The Balaban J connectivity index is 1.92. The first-order chi connectivity index (χ1) is 11.3. The van der Waals surface area contributed by atoms with Crippen molar-refractivity contribution < 1.29 is 14.7 Å². The van der Waals surface area contributed by atoms with Crippen molar-refractivity contribution in [1.29, 1.82) is 0 Å². The van der Waals surface area contributed by atoms with Crippen LogP contribution in [0.4, 0.5) is 5.00 Å². The van der Waals surface area contributed by atoms with Crippen LogP contribution in [0.2, 0.25) is 0 Å². The standard InChI is InChI=1S/C18H21NO3S2/c1-18(2,3)10-6-7-11-13(9-10)24-16(14(11)17(21)22)19-15(20)12-5-4-8-23-12/h4-5,8,10H,6-7,9H2,1-3H3,(H,19,20)(H,21,22)/p-1/t10-/m0/s1. The highest BCUT2D eigenvalue weighted by Gasteiger charge is 2.32. The maximum absolute atomic E-state index is 12.3. The zero-order valence-electron chi connectivity index (χ0n) is 14.0. The smallest absolute Gasteiger partial charge is 0.266 e. The van der Waals surface area contributed by atoms with E-state index in [0.29, 0.717) is 15.8 Å². The van der Waals surface area contributed by atoms with Crippen molar-refractivity contribution in [3.05, 3.63) is 38.4 Å². The highest BCUT2D eigenvalue weighted by Crippen LogP contribution is 2.44. The van der Waals surface area contributed by atoms with Crippen LogP contribution in [0.15, 0.2) is 17.5 Å². The summed E-state index contributed by atoms with van der Waals surface area (Å²) in [5.41, 5.74) is 1.21. The van der Waals surface area contributed by atoms with Gasteiger partial charge < -0.3 is 15.2 Å². The van der Waals surface area contributed by atoms with Gasteiger partial charge in [-0.1, -0.05) is 26.8 Å². The van der Waals surface area contributed by atoms with Crippen LogP contribution in [0.3, 0.4) is 0 Å². The van der Waals surface area contributed by atoms with Gasteiger partial charge in [-0.3, -0.25) is 4.79 Å². The molecule has 0 saturated carbocycles. The van der Waals surface area contributed by atoms with E-state index < -0.39 is 5.97 Å². The van der Waals surface area contributed by atoms with Crippen molar-refractivity contribution in [3.8, 4) is 0 Å². The Morgan fingerprint density at radius 2 is 2.08 bits per heavy atom. The average molecular weight is 362 g/mol. The summed E-state index contributed by atoms with van der Waals surface area (Å²) in [6.45, 7) is 6.65. The van der Waals surface area contributed by atoms with Crippen molar-refractivity contribution in [2.24, 2.45) is 11.3 Å². The normalized spacial score (nSPS) is 17.4. The lowest BCUT2D eigenvalue weighted by Gasteiger charge is -2.34. The molecular formula is C18H20NO3S2-. The molecule has 1 atom stereocenters. The maximum Gasteiger partial charge on any atom is 0.266 e. The van der Waals surface area contributed by atoms with E-state index in [1.165, 1.54) is 22.7 Å². The number of anilines is 1. The first-order valence-electron chi connectivity index (χ1n) is 7.98. The van der Waals surface area contributed by atoms with Crippen molar-refractivity contribution in [2.75, 3.05) is 5.32 Å². The summed E-state index contributed by atoms with van der Waals surface area (Å²) in [5.74, 6) is -0.958. The molecule has 0 bridgehead atoms. The van der Waals surface area contributed by atoms with Crippen LogP contribution in [0.1, 0.15) is 57.7 Å². The summed E-state index contributed by atoms with van der Waals surface area (Å²) < 4.78 is 0. The number of carboxylic acids is 1. The highest BCUT2D eigenvalue weighted by atomic mass is 32.1. The van der Waals surface area contributed by atoms with Crippen molar-refractivity contribution in [2.45, 2.75) is 40.0 Å². The van der Waals surface area contributed by atoms with Gasteiger partial charge in [0.05, 0.1) is 10.8 Å². The summed E-state index contributed by atoms with van der Waals surface area (Å²) in [7, 11) is 0. The molecule has 24 heavy (non-hydrogen) atoms. The molecule has 0 aromatic carbocycles. The number of hydrogen-bond acceptors (Lipinski definition) is 5. The number of fused-ring (bicyclic) bond motifs is 1. The third-order valence-electron chi connectivity index (χ3n) is 4.67. The van der Waals surface area contributed by atoms with Gasteiger partial charge in [0.25, 0.3) is 5.91 Å². The Bertz CT molecular complexity index is 769. The van der Waals surface area contributed by atoms with Crippen molar-refractivity contribution in [1.82, 2.24) is 0 Å². The SMILES string of the molecule is CC(C)(C)[C@H]1CCc2c(sc(NC(=O)c3cccs3)c2C(=O)[O-])C1. The number of carbonyl (C=O) groups excluding carboxylic acids is 2. The van der Waals surface area contributed by atoms with E-state index in [2.05, 4.69) is 26.1 Å². The zero-order chi connectivity index (χ0) is 17.5. The van der Waals surface area contributed by atoms with E-state index in [9.17, 15) is 14.7 Å². The number of carbonyl (C=O) groups is 2. The molecule has 1 amide bonds. The number of rotatable bonds is 3. The van der Waals surface area contributed by atoms with Crippen LogP contribution in [0.25, 0.3) is 0 Å². The Labute approximate surface area is 149 Å². The second-order valence-corrected chi connectivity index (χ2v) is 9.29. The number of nitrogens with one attached hydrogen (secondary N) is 1. The van der Waals surface area contributed by atoms with Crippen LogP contribution in [0.5, 0.6) is 0 Å². The fourth-order valence-corrected chi connectivity index (χ4v) is 5.13. The number of aromatic carboxylic acids is 1. The predicted molar refractivity (Wildman–Crippen MR) is 95.9 cm³/mol. The number of carboxylic acid groups (broad SMARTS) is 1. The molecule has 0 aliphatic heterocycles. The third-order valence-corrected chi connectivity index (χ3v) is 6.70. The minimum atomic E-state index is -1.21. The number of thiophene rings is 2. The number of hydrogen-bond donors (Lipinski definition) is 1. The molecule has 2 heterocycles. The molecule has 0 spiro atoms. The minimum absolute atomic E-state index is 0.173. The molecule has 2 aromatic heterocycles. The van der Waals surface area contributed by atoms with Gasteiger partial charge in [-0.15, -0.1) is 22.7 Å². The first kappa shape index (κ1) is 17.2. The summed E-state index contributed by atoms with van der Waals surface area (Å²) in [6.07, 6.45) is 2.55. The van der Waals surface area contributed by atoms with Gasteiger partial charge in [-0.25, -0.2) is 0 Å². The second kappa shape index (κ2) is 6.33. The summed E-state index contributed by atoms with van der Waals surface area (Å²) in [6, 6.07) is 3.52. The largest absolute Gasteiger partial charge is 0.545 e. The monoisotopic (exact) mass is 362 g/mol. The molecule has 3 rings (SSSR count). The second-order valence-electron chi connectivity index (χ2n) is 7.23. The van der Waals surface area contributed by atoms with Crippen LogP contribution >= 0.6 is 22.7 Å². The van der Waals surface area contributed by atoms with Gasteiger partial charge in [-0.2, -0.15) is 0 Å². The molecule has 6 heteroatoms. The van der Waals surface area contributed by atoms with Crippen LogP contribution in [0, 0.1) is 11.3 Å². The van der Waals surface area contributed by atoms with Crippen LogP contribution < -0.4 is 10.4 Å². The van der Waals surface area contributed by atoms with E-state index in [0.717, 1.165) is 29.7 Å². The minimum Gasteiger partial charge on any atom is -0.545 e. The molecule has 0 radical (unpaired) electrons. The van der Waals surface area contributed by atoms with Crippen LogP contribution in [-0.4, -0.2) is 11.9 Å². The summed E-state index contributed by atoms with van der Waals surface area (Å²) in [4.78, 5) is 25.6. The van der Waals surface area contributed by atoms with Gasteiger partial charge >= 0.3 is 0 Å². The molecule has 1 N–H and O–H groups in total. The van der Waals surface area contributed by atoms with Gasteiger partial charge in [0.1, 0.15) is 5.00 Å². The van der Waals surface area contributed by atoms with Crippen molar-refractivity contribution >= 4 is 39.6 Å². The predicted octanol–water partition coefficient (Wildman–Crippen LogP) is 3.58. The number of amides is 1. The molecule has 128 valence electrons. The molecule has 1 aliphatic carbocycles. The summed E-state index contributed by atoms with van der Waals surface area (Å²) >= 11 is 2.72. The Morgan fingerprint density at radius 3 is 2.67 bits per heavy atom. The summed E-state index contributed by atoms with van der Waals surface area (Å²) in [5, 5.41) is 16.7. The van der Waals surface area contributed by atoms with E-state index >= 15 is 0 Å². The molecule has 0 saturated heterocycles. The quantitative estimate of drug-likeness (QED) is 0.907. The van der Waals surface area contributed by atoms with E-state index in [1.54, 1.807) is 12.1 Å². The van der Waals surface area contributed by atoms with E-state index in [1.807, 2.05) is 5.38 Å². The maximum atomic E-state index is 12.3. The average Bonchev–Trinajstić information content (AvgIpc) is 3.12. The third kappa shape index (κ3) is 3.26. The topological polar surface area (TPSA) is 69.2 Å². The lowest BCUT2D eigenvalue weighted by Crippen LogP contribution is -2.29. The fraction of sp³-hybridized carbons (Fsp3) is 0.444. The molecule has 2 aromatic rings. The highest BCUT2D eigenvalue weighted by molar-refractivity contribution is 7.17. The first-order valence-corrected chi connectivity index (χ1v) is 9.67.